The summed E-state index contributed by atoms with van der Waals surface area (Å²) in [4.78, 5) is 16.4. The van der Waals surface area contributed by atoms with Crippen LogP contribution in [0.5, 0.6) is 0 Å². The monoisotopic (exact) mass is 290 g/mol. The van der Waals surface area contributed by atoms with Gasteiger partial charge in [-0.2, -0.15) is 0 Å². The summed E-state index contributed by atoms with van der Waals surface area (Å²) < 4.78 is 0. The molecule has 1 aliphatic rings. The van der Waals surface area contributed by atoms with E-state index in [9.17, 15) is 4.79 Å². The van der Waals surface area contributed by atoms with Crippen molar-refractivity contribution < 1.29 is 10.0 Å². The van der Waals surface area contributed by atoms with Gasteiger partial charge in [-0.3, -0.25) is 9.78 Å². The number of carbonyl (C=O) groups excluding carboxylic acids is 1. The predicted molar refractivity (Wildman–Crippen MR) is 80.2 cm³/mol. The third kappa shape index (κ3) is 3.93. The minimum Gasteiger partial charge on any atom is -0.409 e. The minimum absolute atomic E-state index is 0.0651. The number of oxime groups is 1. The molecule has 1 amide bonds. The van der Waals surface area contributed by atoms with Crippen LogP contribution in [-0.2, 0) is 0 Å². The Morgan fingerprint density at radius 2 is 2.14 bits per heavy atom. The zero-order valence-corrected chi connectivity index (χ0v) is 12.2. The van der Waals surface area contributed by atoms with Crippen LogP contribution in [0.1, 0.15) is 48.2 Å². The Balaban J connectivity index is 2.10. The van der Waals surface area contributed by atoms with E-state index < -0.39 is 6.04 Å². The molecule has 1 saturated carbocycles. The Morgan fingerprint density at radius 3 is 2.71 bits per heavy atom. The molecule has 1 aromatic rings. The number of nitrogens with zero attached hydrogens (tertiary/aromatic N) is 2. The van der Waals surface area contributed by atoms with Gasteiger partial charge in [0, 0.05) is 11.9 Å². The molecule has 6 heteroatoms. The van der Waals surface area contributed by atoms with Gasteiger partial charge < -0.3 is 16.3 Å². The van der Waals surface area contributed by atoms with Gasteiger partial charge in [-0.1, -0.05) is 24.4 Å². The van der Waals surface area contributed by atoms with E-state index in [1.165, 1.54) is 12.6 Å². The van der Waals surface area contributed by atoms with Crippen molar-refractivity contribution in [3.05, 3.63) is 29.6 Å². The summed E-state index contributed by atoms with van der Waals surface area (Å²) in [5.74, 6) is 0.0389. The van der Waals surface area contributed by atoms with E-state index in [0.29, 0.717) is 5.56 Å². The second-order valence-electron chi connectivity index (χ2n) is 5.56. The first-order valence-electron chi connectivity index (χ1n) is 7.32. The summed E-state index contributed by atoms with van der Waals surface area (Å²) >= 11 is 0. The zero-order valence-electron chi connectivity index (χ0n) is 12.2. The lowest BCUT2D eigenvalue weighted by molar-refractivity contribution is 0.0930. The number of aromatic nitrogens is 1. The van der Waals surface area contributed by atoms with Gasteiger partial charge in [0.05, 0.1) is 11.6 Å². The standard InChI is InChI=1S/C15H22N4O2/c1-10-7-8-12(9-17-10)15(20)18-13(14(16)19-21)11-5-3-2-4-6-11/h7-9,11,13,21H,2-6H2,1H3,(H2,16,19)(H,18,20). The number of hydrogen-bond acceptors (Lipinski definition) is 4. The molecule has 1 unspecified atom stereocenters. The van der Waals surface area contributed by atoms with E-state index >= 15 is 0 Å². The largest absolute Gasteiger partial charge is 0.409 e. The highest BCUT2D eigenvalue weighted by atomic mass is 16.4. The zero-order chi connectivity index (χ0) is 15.2. The van der Waals surface area contributed by atoms with Crippen LogP contribution < -0.4 is 11.1 Å². The second-order valence-corrected chi connectivity index (χ2v) is 5.56. The third-order valence-electron chi connectivity index (χ3n) is 4.02. The number of hydrogen-bond donors (Lipinski definition) is 3. The lowest BCUT2D eigenvalue weighted by Crippen LogP contribution is -2.49. The van der Waals surface area contributed by atoms with Crippen LogP contribution in [0.4, 0.5) is 0 Å². The SMILES string of the molecule is Cc1ccc(C(=O)NC(/C(N)=N/O)C2CCCCC2)cn1. The molecular formula is C15H22N4O2. The lowest BCUT2D eigenvalue weighted by Gasteiger charge is -2.29. The van der Waals surface area contributed by atoms with E-state index in [1.54, 1.807) is 12.1 Å². The van der Waals surface area contributed by atoms with Gasteiger partial charge in [0.25, 0.3) is 5.91 Å². The molecule has 21 heavy (non-hydrogen) atoms. The van der Waals surface area contributed by atoms with Gasteiger partial charge in [0.2, 0.25) is 0 Å². The molecule has 2 rings (SSSR count). The number of pyridine rings is 1. The molecule has 0 bridgehead atoms. The van der Waals surface area contributed by atoms with E-state index in [-0.39, 0.29) is 17.7 Å². The van der Waals surface area contributed by atoms with Crippen molar-refractivity contribution in [3.63, 3.8) is 0 Å². The number of rotatable bonds is 4. The van der Waals surface area contributed by atoms with Crippen LogP contribution in [-0.4, -0.2) is 28.0 Å². The molecule has 1 fully saturated rings. The van der Waals surface area contributed by atoms with Crippen LogP contribution in [0.25, 0.3) is 0 Å². The molecular weight excluding hydrogens is 268 g/mol. The minimum atomic E-state index is -0.427. The molecule has 4 N–H and O–H groups in total. The quantitative estimate of drug-likeness (QED) is 0.341. The Hall–Kier alpha value is -2.11. The van der Waals surface area contributed by atoms with Crippen molar-refractivity contribution in [1.82, 2.24) is 10.3 Å². The number of carbonyl (C=O) groups is 1. The van der Waals surface area contributed by atoms with Crippen LogP contribution in [0.2, 0.25) is 0 Å². The van der Waals surface area contributed by atoms with Crippen molar-refractivity contribution >= 4 is 11.7 Å². The number of nitrogens with one attached hydrogen (secondary N) is 1. The van der Waals surface area contributed by atoms with E-state index in [1.807, 2.05) is 6.92 Å². The molecule has 6 nitrogen and oxygen atoms in total. The maximum absolute atomic E-state index is 12.3. The molecule has 1 heterocycles. The first kappa shape index (κ1) is 15.3. The summed E-state index contributed by atoms with van der Waals surface area (Å²) in [6.45, 7) is 1.86. The average Bonchev–Trinajstić information content (AvgIpc) is 2.53. The topological polar surface area (TPSA) is 101 Å². The summed E-state index contributed by atoms with van der Waals surface area (Å²) in [7, 11) is 0. The Bertz CT molecular complexity index is 507. The summed E-state index contributed by atoms with van der Waals surface area (Å²) in [6.07, 6.45) is 6.92. The van der Waals surface area contributed by atoms with E-state index in [4.69, 9.17) is 10.9 Å². The van der Waals surface area contributed by atoms with Crippen molar-refractivity contribution in [2.75, 3.05) is 0 Å². The average molecular weight is 290 g/mol. The van der Waals surface area contributed by atoms with E-state index in [0.717, 1.165) is 31.4 Å². The first-order valence-corrected chi connectivity index (χ1v) is 7.32. The van der Waals surface area contributed by atoms with Crippen LogP contribution in [0.15, 0.2) is 23.5 Å². The fourth-order valence-electron chi connectivity index (χ4n) is 2.79. The van der Waals surface area contributed by atoms with Crippen LogP contribution >= 0.6 is 0 Å². The smallest absolute Gasteiger partial charge is 0.253 e. The highest BCUT2D eigenvalue weighted by Crippen LogP contribution is 2.26. The number of nitrogens with two attached hydrogens (primary N) is 1. The fraction of sp³-hybridized carbons (Fsp3) is 0.533. The Kier molecular flexibility index (Phi) is 5.14. The molecule has 0 aliphatic heterocycles. The van der Waals surface area contributed by atoms with Gasteiger partial charge in [-0.15, -0.1) is 0 Å². The van der Waals surface area contributed by atoms with Crippen molar-refractivity contribution in [3.8, 4) is 0 Å². The number of amides is 1. The van der Waals surface area contributed by atoms with Crippen LogP contribution in [0.3, 0.4) is 0 Å². The predicted octanol–water partition coefficient (Wildman–Crippen LogP) is 1.82. The maximum atomic E-state index is 12.3. The normalized spacial score (nSPS) is 18.2. The molecule has 114 valence electrons. The van der Waals surface area contributed by atoms with Gasteiger partial charge >= 0.3 is 0 Å². The number of amidine groups is 1. The maximum Gasteiger partial charge on any atom is 0.253 e. The molecule has 0 spiro atoms. The number of aryl methyl sites for hydroxylation is 1. The van der Waals surface area contributed by atoms with Gasteiger partial charge in [0.15, 0.2) is 5.84 Å². The second kappa shape index (κ2) is 7.06. The van der Waals surface area contributed by atoms with Crippen molar-refractivity contribution in [1.29, 1.82) is 0 Å². The Labute approximate surface area is 124 Å². The summed E-state index contributed by atoms with van der Waals surface area (Å²) in [5.41, 5.74) is 7.10. The molecule has 0 saturated heterocycles. The first-order chi connectivity index (χ1) is 10.1. The highest BCUT2D eigenvalue weighted by molar-refractivity contribution is 5.98. The van der Waals surface area contributed by atoms with Gasteiger partial charge in [-0.05, 0) is 37.8 Å². The molecule has 0 radical (unpaired) electrons. The third-order valence-corrected chi connectivity index (χ3v) is 4.02. The Morgan fingerprint density at radius 1 is 1.43 bits per heavy atom. The molecule has 1 aromatic heterocycles. The van der Waals surface area contributed by atoms with Crippen LogP contribution in [0, 0.1) is 12.8 Å². The van der Waals surface area contributed by atoms with E-state index in [2.05, 4.69) is 15.5 Å². The van der Waals surface area contributed by atoms with Gasteiger partial charge in [0.1, 0.15) is 0 Å². The summed E-state index contributed by atoms with van der Waals surface area (Å²) in [5, 5.41) is 14.9. The lowest BCUT2D eigenvalue weighted by atomic mass is 9.83. The fourth-order valence-corrected chi connectivity index (χ4v) is 2.79. The molecule has 1 atom stereocenters. The molecule has 1 aliphatic carbocycles. The van der Waals surface area contributed by atoms with Crippen molar-refractivity contribution in [2.24, 2.45) is 16.8 Å². The van der Waals surface area contributed by atoms with Gasteiger partial charge in [-0.25, -0.2) is 0 Å². The highest BCUT2D eigenvalue weighted by Gasteiger charge is 2.28. The molecule has 0 aromatic carbocycles. The summed E-state index contributed by atoms with van der Waals surface area (Å²) in [6, 6.07) is 3.08. The van der Waals surface area contributed by atoms with Crippen molar-refractivity contribution in [2.45, 2.75) is 45.1 Å².